The number of para-hydroxylation sites is 1. The Bertz CT molecular complexity index is 643. The molecule has 1 aromatic carbocycles. The molecule has 2 N–H and O–H groups in total. The number of carbonyl (C=O) groups is 1. The van der Waals surface area contributed by atoms with Crippen molar-refractivity contribution in [3.05, 3.63) is 30.0 Å². The molecule has 112 valence electrons. The van der Waals surface area contributed by atoms with Gasteiger partial charge in [0.25, 0.3) is 0 Å². The summed E-state index contributed by atoms with van der Waals surface area (Å²) < 4.78 is 39.0. The Labute approximate surface area is 118 Å². The smallest absolute Gasteiger partial charge is 0.387 e. The predicted molar refractivity (Wildman–Crippen MR) is 68.9 cm³/mol. The first kappa shape index (κ1) is 14.8. The van der Waals surface area contributed by atoms with Gasteiger partial charge in [-0.25, -0.2) is 4.79 Å². The number of nitrogen functional groups attached to an aromatic ring is 1. The minimum Gasteiger partial charge on any atom is -0.461 e. The molecule has 2 aromatic rings. The lowest BCUT2D eigenvalue weighted by Crippen LogP contribution is -2.07. The summed E-state index contributed by atoms with van der Waals surface area (Å²) in [7, 11) is 0. The quantitative estimate of drug-likeness (QED) is 0.854. The molecule has 0 aliphatic heterocycles. The van der Waals surface area contributed by atoms with Crippen LogP contribution in [0.25, 0.3) is 11.5 Å². The molecule has 6 nitrogen and oxygen atoms in total. The fourth-order valence-electron chi connectivity index (χ4n) is 1.63. The van der Waals surface area contributed by atoms with Gasteiger partial charge in [0.2, 0.25) is 17.5 Å². The van der Waals surface area contributed by atoms with Crippen LogP contribution in [-0.4, -0.2) is 24.2 Å². The molecule has 0 spiro atoms. The van der Waals surface area contributed by atoms with Crippen molar-refractivity contribution in [2.45, 2.75) is 13.5 Å². The number of nitrogens with zero attached hydrogens (tertiary/aromatic N) is 1. The third-order valence-corrected chi connectivity index (χ3v) is 2.46. The van der Waals surface area contributed by atoms with E-state index in [4.69, 9.17) is 14.9 Å². The summed E-state index contributed by atoms with van der Waals surface area (Å²) in [6.45, 7) is -1.23. The summed E-state index contributed by atoms with van der Waals surface area (Å²) in [5.74, 6) is -1.25. The largest absolute Gasteiger partial charge is 0.461 e. The number of carbonyl (C=O) groups excluding carboxylic acids is 1. The van der Waals surface area contributed by atoms with Gasteiger partial charge in [-0.05, 0) is 19.1 Å². The van der Waals surface area contributed by atoms with Crippen LogP contribution in [-0.2, 0) is 4.74 Å². The highest BCUT2D eigenvalue weighted by Gasteiger charge is 2.22. The lowest BCUT2D eigenvalue weighted by molar-refractivity contribution is -0.0495. The van der Waals surface area contributed by atoms with Gasteiger partial charge in [-0.2, -0.15) is 13.8 Å². The average Bonchev–Trinajstić information content (AvgIpc) is 2.81. The number of nitrogens with two attached hydrogens (primary N) is 1. The van der Waals surface area contributed by atoms with Gasteiger partial charge >= 0.3 is 12.6 Å². The average molecular weight is 298 g/mol. The van der Waals surface area contributed by atoms with Gasteiger partial charge in [0.05, 0.1) is 12.2 Å². The van der Waals surface area contributed by atoms with Crippen molar-refractivity contribution < 1.29 is 27.5 Å². The van der Waals surface area contributed by atoms with E-state index in [1.54, 1.807) is 13.0 Å². The summed E-state index contributed by atoms with van der Waals surface area (Å²) in [5, 5.41) is 0. The number of oxazole rings is 1. The highest BCUT2D eigenvalue weighted by molar-refractivity contribution is 5.92. The number of alkyl halides is 2. The molecule has 0 saturated heterocycles. The van der Waals surface area contributed by atoms with Crippen molar-refractivity contribution in [3.8, 4) is 17.2 Å². The number of hydrogen-bond donors (Lipinski definition) is 1. The fourth-order valence-corrected chi connectivity index (χ4v) is 1.63. The second-order valence-corrected chi connectivity index (χ2v) is 3.83. The number of benzene rings is 1. The molecular formula is C13H12F2N2O4. The summed E-state index contributed by atoms with van der Waals surface area (Å²) in [6, 6.07) is 5.88. The van der Waals surface area contributed by atoms with Crippen molar-refractivity contribution in [1.82, 2.24) is 4.98 Å². The van der Waals surface area contributed by atoms with Crippen molar-refractivity contribution in [1.29, 1.82) is 0 Å². The van der Waals surface area contributed by atoms with Crippen molar-refractivity contribution in [2.75, 3.05) is 12.3 Å². The molecule has 0 amide bonds. The van der Waals surface area contributed by atoms with E-state index in [-0.39, 0.29) is 35.4 Å². The fraction of sp³-hybridized carbons (Fsp3) is 0.231. The molecule has 0 bridgehead atoms. The topological polar surface area (TPSA) is 87.6 Å². The highest BCUT2D eigenvalue weighted by atomic mass is 19.3. The van der Waals surface area contributed by atoms with E-state index in [0.29, 0.717) is 0 Å². The highest BCUT2D eigenvalue weighted by Crippen LogP contribution is 2.32. The first-order valence-electron chi connectivity index (χ1n) is 6.00. The van der Waals surface area contributed by atoms with E-state index in [9.17, 15) is 13.6 Å². The Balaban J connectivity index is 2.39. The molecule has 8 heteroatoms. The normalized spacial score (nSPS) is 10.7. The van der Waals surface area contributed by atoms with Crippen LogP contribution in [0, 0.1) is 0 Å². The Morgan fingerprint density at radius 3 is 2.81 bits per heavy atom. The van der Waals surface area contributed by atoms with Crippen molar-refractivity contribution >= 4 is 11.9 Å². The maximum Gasteiger partial charge on any atom is 0.387 e. The monoisotopic (exact) mass is 298 g/mol. The van der Waals surface area contributed by atoms with Crippen LogP contribution in [0.4, 0.5) is 14.7 Å². The predicted octanol–water partition coefficient (Wildman–Crippen LogP) is 2.70. The zero-order chi connectivity index (χ0) is 15.4. The van der Waals surface area contributed by atoms with Crippen LogP contribution < -0.4 is 10.5 Å². The number of anilines is 1. The molecule has 0 aliphatic rings. The van der Waals surface area contributed by atoms with Crippen molar-refractivity contribution in [3.63, 3.8) is 0 Å². The van der Waals surface area contributed by atoms with Crippen molar-refractivity contribution in [2.24, 2.45) is 0 Å². The first-order chi connectivity index (χ1) is 10.0. The lowest BCUT2D eigenvalue weighted by atomic mass is 10.2. The number of esters is 1. The van der Waals surface area contributed by atoms with E-state index < -0.39 is 12.6 Å². The molecule has 21 heavy (non-hydrogen) atoms. The van der Waals surface area contributed by atoms with Gasteiger partial charge in [0, 0.05) is 0 Å². The number of halogens is 2. The molecule has 0 atom stereocenters. The molecule has 2 rings (SSSR count). The molecule has 0 fully saturated rings. The number of rotatable bonds is 5. The van der Waals surface area contributed by atoms with E-state index in [2.05, 4.69) is 9.72 Å². The van der Waals surface area contributed by atoms with Crippen LogP contribution in [0.1, 0.15) is 17.4 Å². The Kier molecular flexibility index (Phi) is 4.36. The summed E-state index contributed by atoms with van der Waals surface area (Å²) in [6.07, 6.45) is 0. The second kappa shape index (κ2) is 6.21. The third-order valence-electron chi connectivity index (χ3n) is 2.46. The molecule has 0 saturated carbocycles. The summed E-state index contributed by atoms with van der Waals surface area (Å²) in [4.78, 5) is 15.5. The van der Waals surface area contributed by atoms with Gasteiger partial charge in [-0.1, -0.05) is 12.1 Å². The number of hydrogen-bond acceptors (Lipinski definition) is 6. The van der Waals surface area contributed by atoms with Gasteiger partial charge in [-0.3, -0.25) is 0 Å². The zero-order valence-corrected chi connectivity index (χ0v) is 11.0. The van der Waals surface area contributed by atoms with Gasteiger partial charge in [0.15, 0.2) is 0 Å². The minimum atomic E-state index is -3.00. The summed E-state index contributed by atoms with van der Waals surface area (Å²) >= 11 is 0. The Morgan fingerprint density at radius 1 is 1.43 bits per heavy atom. The molecular weight excluding hydrogens is 286 g/mol. The standard InChI is InChI=1S/C13H12F2N2O4/c1-2-19-12(18)9-10(16)21-11(17-9)7-5-3-4-6-8(7)20-13(14)15/h3-6,13H,2,16H2,1H3. The maximum atomic E-state index is 12.4. The summed E-state index contributed by atoms with van der Waals surface area (Å²) in [5.41, 5.74) is 5.49. The molecule has 1 aromatic heterocycles. The molecule has 1 heterocycles. The maximum absolute atomic E-state index is 12.4. The van der Waals surface area contributed by atoms with E-state index in [0.717, 1.165) is 0 Å². The second-order valence-electron chi connectivity index (χ2n) is 3.83. The molecule has 0 radical (unpaired) electrons. The zero-order valence-electron chi connectivity index (χ0n) is 11.0. The Hall–Kier alpha value is -2.64. The molecule has 0 aliphatic carbocycles. The third kappa shape index (κ3) is 3.28. The SMILES string of the molecule is CCOC(=O)c1nc(-c2ccccc2OC(F)F)oc1N. The van der Waals surface area contributed by atoms with E-state index in [1.165, 1.54) is 18.2 Å². The van der Waals surface area contributed by atoms with Crippen LogP contribution in [0.5, 0.6) is 5.75 Å². The van der Waals surface area contributed by atoms with Gasteiger partial charge in [0.1, 0.15) is 5.75 Å². The van der Waals surface area contributed by atoms with Crippen LogP contribution in [0.15, 0.2) is 28.7 Å². The lowest BCUT2D eigenvalue weighted by Gasteiger charge is -2.07. The molecule has 0 unspecified atom stereocenters. The van der Waals surface area contributed by atoms with Crippen LogP contribution in [0.3, 0.4) is 0 Å². The minimum absolute atomic E-state index is 0.105. The van der Waals surface area contributed by atoms with Gasteiger partial charge in [-0.15, -0.1) is 0 Å². The van der Waals surface area contributed by atoms with E-state index >= 15 is 0 Å². The van der Waals surface area contributed by atoms with E-state index in [1.807, 2.05) is 0 Å². The van der Waals surface area contributed by atoms with Crippen LogP contribution >= 0.6 is 0 Å². The Morgan fingerprint density at radius 2 is 2.14 bits per heavy atom. The van der Waals surface area contributed by atoms with Crippen LogP contribution in [0.2, 0.25) is 0 Å². The number of aromatic nitrogens is 1. The first-order valence-corrected chi connectivity index (χ1v) is 6.00. The number of ether oxygens (including phenoxy) is 2. The van der Waals surface area contributed by atoms with Gasteiger partial charge < -0.3 is 19.6 Å².